The van der Waals surface area contributed by atoms with E-state index in [1.54, 1.807) is 20.8 Å². The number of pyridine rings is 1. The van der Waals surface area contributed by atoms with Crippen LogP contribution in [0.5, 0.6) is 6.01 Å². The number of nitrogens with one attached hydrogen (secondary N) is 1. The van der Waals surface area contributed by atoms with Gasteiger partial charge in [0.15, 0.2) is 11.6 Å². The second kappa shape index (κ2) is 11.2. The Morgan fingerprint density at radius 1 is 1.26 bits per heavy atom. The fourth-order valence-corrected chi connectivity index (χ4v) is 6.24. The summed E-state index contributed by atoms with van der Waals surface area (Å²) in [4.78, 5) is 27.6. The van der Waals surface area contributed by atoms with Gasteiger partial charge in [0, 0.05) is 35.6 Å². The molecule has 1 atom stereocenters. The second-order valence-electron chi connectivity index (χ2n) is 11.3. The molecule has 43 heavy (non-hydrogen) atoms. The van der Waals surface area contributed by atoms with E-state index in [1.807, 2.05) is 13.1 Å². The average Bonchev–Trinajstić information content (AvgIpc) is 3.57. The molecule has 2 aliphatic heterocycles. The summed E-state index contributed by atoms with van der Waals surface area (Å²) in [6.07, 6.45) is 1.46. The summed E-state index contributed by atoms with van der Waals surface area (Å²) >= 11 is 0.840. The van der Waals surface area contributed by atoms with Crippen LogP contribution in [0.3, 0.4) is 0 Å². The molecular formula is C29H28F2N6O5S. The van der Waals surface area contributed by atoms with E-state index in [0.717, 1.165) is 24.1 Å². The van der Waals surface area contributed by atoms with E-state index >= 15 is 8.78 Å². The summed E-state index contributed by atoms with van der Waals surface area (Å²) in [5, 5.41) is 13.2. The van der Waals surface area contributed by atoms with Gasteiger partial charge >= 0.3 is 12.1 Å². The Balaban J connectivity index is 1.46. The lowest BCUT2D eigenvalue weighted by molar-refractivity contribution is -0.0416. The second-order valence-corrected chi connectivity index (χ2v) is 12.3. The summed E-state index contributed by atoms with van der Waals surface area (Å²) in [6, 6.07) is 2.00. The lowest BCUT2D eigenvalue weighted by atomic mass is 9.94. The van der Waals surface area contributed by atoms with Crippen molar-refractivity contribution in [3.63, 3.8) is 0 Å². The van der Waals surface area contributed by atoms with Crippen molar-refractivity contribution in [2.45, 2.75) is 45.7 Å². The number of aromatic nitrogens is 3. The number of anilines is 1. The summed E-state index contributed by atoms with van der Waals surface area (Å²) in [5.41, 5.74) is 0.334. The molecule has 1 fully saturated rings. The Hall–Kier alpha value is -4.03. The van der Waals surface area contributed by atoms with E-state index in [4.69, 9.17) is 18.9 Å². The normalized spacial score (nSPS) is 17.2. The maximum Gasteiger partial charge on any atom is 0.412 e. The summed E-state index contributed by atoms with van der Waals surface area (Å²) in [6.45, 7) is 7.59. The fourth-order valence-electron chi connectivity index (χ4n) is 5.20. The number of nitriles is 1. The minimum absolute atomic E-state index is 0.0222. The molecule has 4 aromatic rings. The molecule has 3 aromatic heterocycles. The molecule has 1 saturated heterocycles. The lowest BCUT2D eigenvalue weighted by Crippen LogP contribution is -2.42. The number of benzene rings is 1. The van der Waals surface area contributed by atoms with E-state index < -0.39 is 23.3 Å². The monoisotopic (exact) mass is 610 g/mol. The largest absolute Gasteiger partial charge is 0.461 e. The number of amides is 1. The van der Waals surface area contributed by atoms with E-state index in [1.165, 1.54) is 6.20 Å². The van der Waals surface area contributed by atoms with Gasteiger partial charge in [-0.05, 0) is 38.9 Å². The van der Waals surface area contributed by atoms with Crippen LogP contribution < -0.4 is 10.1 Å². The number of fused-ring (bicyclic) bond motifs is 4. The molecule has 0 saturated carbocycles. The zero-order valence-electron chi connectivity index (χ0n) is 23.9. The number of nitrogens with zero attached hydrogens (tertiary/aromatic N) is 5. The first-order valence-electron chi connectivity index (χ1n) is 13.6. The number of halogens is 2. The van der Waals surface area contributed by atoms with Gasteiger partial charge in [-0.1, -0.05) is 0 Å². The van der Waals surface area contributed by atoms with Crippen LogP contribution in [0.15, 0.2) is 12.4 Å². The molecule has 1 N–H and O–H groups in total. The number of likely N-dealkylation sites (N-methyl/N-ethyl adjacent to an activating group) is 1. The maximum absolute atomic E-state index is 16.6. The van der Waals surface area contributed by atoms with Crippen LogP contribution in [-0.2, 0) is 27.4 Å². The van der Waals surface area contributed by atoms with Crippen LogP contribution in [0.2, 0.25) is 0 Å². The molecule has 1 amide bonds. The number of hydrogen-bond donors (Lipinski definition) is 1. The van der Waals surface area contributed by atoms with E-state index in [-0.39, 0.29) is 69.4 Å². The van der Waals surface area contributed by atoms with Crippen LogP contribution in [0.4, 0.5) is 18.6 Å². The highest BCUT2D eigenvalue weighted by Gasteiger charge is 2.31. The van der Waals surface area contributed by atoms with Crippen LogP contribution in [0.1, 0.15) is 37.5 Å². The number of morpholine rings is 1. The van der Waals surface area contributed by atoms with Crippen LogP contribution >= 0.6 is 11.3 Å². The number of thiophene rings is 1. The molecule has 2 aliphatic rings. The molecule has 0 radical (unpaired) electrons. The fraction of sp³-hybridized carbons (Fsp3) is 0.414. The third-order valence-corrected chi connectivity index (χ3v) is 8.16. The quantitative estimate of drug-likeness (QED) is 0.324. The Kier molecular flexibility index (Phi) is 7.59. The van der Waals surface area contributed by atoms with Crippen molar-refractivity contribution in [1.29, 1.82) is 5.26 Å². The summed E-state index contributed by atoms with van der Waals surface area (Å²) in [5.74, 6) is -1.46. The number of ether oxygens (including phenoxy) is 4. The van der Waals surface area contributed by atoms with Crippen molar-refractivity contribution in [3.05, 3.63) is 40.7 Å². The first kappa shape index (κ1) is 29.1. The molecule has 5 heterocycles. The van der Waals surface area contributed by atoms with Crippen molar-refractivity contribution in [2.75, 3.05) is 38.7 Å². The van der Waals surface area contributed by atoms with Crippen LogP contribution in [-0.4, -0.2) is 71.0 Å². The van der Waals surface area contributed by atoms with Gasteiger partial charge in [0.2, 0.25) is 0 Å². The topological polar surface area (TPSA) is 132 Å². The van der Waals surface area contributed by atoms with E-state index in [9.17, 15) is 10.1 Å². The average molecular weight is 611 g/mol. The molecule has 14 heteroatoms. The molecule has 1 aromatic carbocycles. The summed E-state index contributed by atoms with van der Waals surface area (Å²) in [7, 11) is 1.99. The van der Waals surface area contributed by atoms with Gasteiger partial charge in [0.25, 0.3) is 0 Å². The first-order valence-corrected chi connectivity index (χ1v) is 14.4. The highest BCUT2D eigenvalue weighted by Crippen LogP contribution is 2.45. The lowest BCUT2D eigenvalue weighted by Gasteiger charge is -2.29. The highest BCUT2D eigenvalue weighted by atomic mass is 32.1. The maximum atomic E-state index is 16.6. The van der Waals surface area contributed by atoms with Crippen LogP contribution in [0, 0.1) is 23.0 Å². The van der Waals surface area contributed by atoms with Crippen molar-refractivity contribution >= 4 is 43.4 Å². The number of carbonyl (C=O) groups is 1. The molecule has 0 unspecified atom stereocenters. The highest BCUT2D eigenvalue weighted by molar-refractivity contribution is 7.23. The Morgan fingerprint density at radius 3 is 2.79 bits per heavy atom. The first-order chi connectivity index (χ1) is 20.5. The summed E-state index contributed by atoms with van der Waals surface area (Å²) < 4.78 is 54.2. The van der Waals surface area contributed by atoms with E-state index in [2.05, 4.69) is 25.2 Å². The zero-order chi connectivity index (χ0) is 30.5. The standard InChI is InChI=1S/C29H28F2N6O5S/c1-29(2,3)42-28(38)36-26-15(7-32)21-24(33-9-19(30)25(21)43-26)20-18-13-39-12-17(18)16-8-34-27(35-23(16)22(20)31)41-11-14-10-37(4)5-6-40-14/h8-9,14H,5-6,10-13H2,1-4H3,(H,36,38)/t14-/m0/s1. The molecule has 6 rings (SSSR count). The van der Waals surface area contributed by atoms with Gasteiger partial charge in [-0.25, -0.2) is 18.6 Å². The van der Waals surface area contributed by atoms with Gasteiger partial charge in [0.05, 0.1) is 42.0 Å². The number of carbonyl (C=O) groups excluding carboxylic acids is 1. The van der Waals surface area contributed by atoms with E-state index in [0.29, 0.717) is 29.7 Å². The van der Waals surface area contributed by atoms with Crippen molar-refractivity contribution in [3.8, 4) is 23.3 Å². The molecular weight excluding hydrogens is 582 g/mol. The Bertz CT molecular complexity index is 1800. The minimum Gasteiger partial charge on any atom is -0.461 e. The van der Waals surface area contributed by atoms with Crippen molar-refractivity contribution in [1.82, 2.24) is 19.9 Å². The van der Waals surface area contributed by atoms with Gasteiger partial charge in [-0.2, -0.15) is 10.2 Å². The van der Waals surface area contributed by atoms with Gasteiger partial charge in [0.1, 0.15) is 34.9 Å². The van der Waals surface area contributed by atoms with Gasteiger partial charge < -0.3 is 23.8 Å². The van der Waals surface area contributed by atoms with Gasteiger partial charge in [-0.3, -0.25) is 10.3 Å². The smallest absolute Gasteiger partial charge is 0.412 e. The third kappa shape index (κ3) is 5.56. The third-order valence-electron chi connectivity index (χ3n) is 7.05. The van der Waals surface area contributed by atoms with Crippen molar-refractivity contribution in [2.24, 2.45) is 0 Å². The predicted octanol–water partition coefficient (Wildman–Crippen LogP) is 5.14. The number of hydrogen-bond acceptors (Lipinski definition) is 11. The Morgan fingerprint density at radius 2 is 2.05 bits per heavy atom. The Labute approximate surface area is 249 Å². The van der Waals surface area contributed by atoms with Crippen molar-refractivity contribution < 1.29 is 32.5 Å². The predicted molar refractivity (Wildman–Crippen MR) is 154 cm³/mol. The molecule has 224 valence electrons. The molecule has 0 bridgehead atoms. The minimum atomic E-state index is -0.814. The van der Waals surface area contributed by atoms with Crippen LogP contribution in [0.25, 0.3) is 32.2 Å². The number of rotatable bonds is 5. The SMILES string of the molecule is CN1CCO[C@H](COc2ncc3c4c(c(-c5ncc(F)c6sc(NC(=O)OC(C)(C)C)c(C#N)c56)c(F)c3n2)COC4)C1. The zero-order valence-corrected chi connectivity index (χ0v) is 24.7. The molecule has 0 aliphatic carbocycles. The molecule has 0 spiro atoms. The van der Waals surface area contributed by atoms with Gasteiger partial charge in [-0.15, -0.1) is 11.3 Å². The molecule has 11 nitrogen and oxygen atoms in total.